The van der Waals surface area contributed by atoms with E-state index in [2.05, 4.69) is 0 Å². The Bertz CT molecular complexity index is 1280. The monoisotopic (exact) mass is 444 g/mol. The molecule has 0 aliphatic carbocycles. The van der Waals surface area contributed by atoms with Gasteiger partial charge in [0.25, 0.3) is 5.91 Å². The van der Waals surface area contributed by atoms with Crippen LogP contribution in [-0.4, -0.2) is 23.1 Å². The van der Waals surface area contributed by atoms with Crippen molar-refractivity contribution in [3.63, 3.8) is 0 Å². The van der Waals surface area contributed by atoms with Gasteiger partial charge >= 0.3 is 11.7 Å². The molecule has 33 heavy (non-hydrogen) atoms. The van der Waals surface area contributed by atoms with Gasteiger partial charge in [-0.2, -0.15) is 0 Å². The smallest absolute Gasteiger partial charge is 0.419 e. The highest BCUT2D eigenvalue weighted by Gasteiger charge is 2.18. The molecule has 0 saturated carbocycles. The second-order valence-electron chi connectivity index (χ2n) is 7.55. The van der Waals surface area contributed by atoms with E-state index in [1.54, 1.807) is 23.1 Å². The van der Waals surface area contributed by atoms with Gasteiger partial charge in [-0.15, -0.1) is 0 Å². The molecule has 0 fully saturated rings. The SMILES string of the molecule is O=C(CCCn1c(=O)oc2ccccc21)OCC(=O)N(Cc1ccccc1)c1ccccc1. The Balaban J connectivity index is 1.32. The molecular formula is C26H24N2O5. The van der Waals surface area contributed by atoms with E-state index in [0.29, 0.717) is 30.6 Å². The molecule has 0 atom stereocenters. The predicted molar refractivity (Wildman–Crippen MR) is 125 cm³/mol. The van der Waals surface area contributed by atoms with Gasteiger partial charge < -0.3 is 14.1 Å². The summed E-state index contributed by atoms with van der Waals surface area (Å²) in [4.78, 5) is 38.7. The van der Waals surface area contributed by atoms with Crippen molar-refractivity contribution >= 4 is 28.7 Å². The zero-order valence-corrected chi connectivity index (χ0v) is 18.1. The molecule has 1 amide bonds. The Morgan fingerprint density at radius 1 is 0.879 bits per heavy atom. The highest BCUT2D eigenvalue weighted by atomic mass is 16.5. The van der Waals surface area contributed by atoms with E-state index in [0.717, 1.165) is 11.3 Å². The molecule has 0 bridgehead atoms. The number of oxazole rings is 1. The lowest BCUT2D eigenvalue weighted by Gasteiger charge is -2.23. The minimum Gasteiger partial charge on any atom is -0.456 e. The molecule has 0 aliphatic heterocycles. The van der Waals surface area contributed by atoms with Crippen LogP contribution < -0.4 is 10.7 Å². The lowest BCUT2D eigenvalue weighted by molar-refractivity contribution is -0.148. The van der Waals surface area contributed by atoms with Crippen LogP contribution in [0.15, 0.2) is 94.1 Å². The Labute approximate surface area is 190 Å². The van der Waals surface area contributed by atoms with Gasteiger partial charge in [0, 0.05) is 18.7 Å². The molecule has 0 saturated heterocycles. The van der Waals surface area contributed by atoms with Gasteiger partial charge in [0.15, 0.2) is 12.2 Å². The van der Waals surface area contributed by atoms with Crippen LogP contribution in [-0.2, 0) is 27.4 Å². The van der Waals surface area contributed by atoms with Gasteiger partial charge in [-0.25, -0.2) is 4.79 Å². The number of para-hydroxylation sites is 3. The number of aromatic nitrogens is 1. The van der Waals surface area contributed by atoms with Crippen LogP contribution in [0.4, 0.5) is 5.69 Å². The van der Waals surface area contributed by atoms with Crippen LogP contribution >= 0.6 is 0 Å². The Morgan fingerprint density at radius 2 is 1.55 bits per heavy atom. The largest absolute Gasteiger partial charge is 0.456 e. The number of ether oxygens (including phenoxy) is 1. The number of carbonyl (C=O) groups is 2. The maximum atomic E-state index is 12.9. The zero-order chi connectivity index (χ0) is 23.0. The molecule has 0 radical (unpaired) electrons. The number of aryl methyl sites for hydroxylation is 1. The summed E-state index contributed by atoms with van der Waals surface area (Å²) in [7, 11) is 0. The van der Waals surface area contributed by atoms with Crippen LogP contribution in [0, 0.1) is 0 Å². The number of carbonyl (C=O) groups excluding carboxylic acids is 2. The fraction of sp³-hybridized carbons (Fsp3) is 0.192. The molecule has 1 heterocycles. The Hall–Kier alpha value is -4.13. The minimum atomic E-state index is -0.489. The van der Waals surface area contributed by atoms with Gasteiger partial charge in [0.05, 0.1) is 12.1 Å². The number of nitrogens with zero attached hydrogens (tertiary/aromatic N) is 2. The molecule has 1 aromatic heterocycles. The summed E-state index contributed by atoms with van der Waals surface area (Å²) in [6.07, 6.45) is 0.478. The number of benzene rings is 3. The van der Waals surface area contributed by atoms with E-state index >= 15 is 0 Å². The highest BCUT2D eigenvalue weighted by molar-refractivity contribution is 5.95. The van der Waals surface area contributed by atoms with Crippen molar-refractivity contribution in [1.29, 1.82) is 0 Å². The number of anilines is 1. The molecule has 0 N–H and O–H groups in total. The summed E-state index contributed by atoms with van der Waals surface area (Å²) < 4.78 is 11.9. The van der Waals surface area contributed by atoms with Crippen molar-refractivity contribution in [3.05, 3.63) is 101 Å². The standard InChI is InChI=1S/C26H24N2O5/c29-24(28(21-12-5-2-6-13-21)18-20-10-3-1-4-11-20)19-32-25(30)16-9-17-27-22-14-7-8-15-23(22)33-26(27)31/h1-8,10-15H,9,16-19H2. The summed E-state index contributed by atoms with van der Waals surface area (Å²) in [6, 6.07) is 26.0. The maximum Gasteiger partial charge on any atom is 0.419 e. The predicted octanol–water partition coefficient (Wildman–Crippen LogP) is 4.15. The number of rotatable bonds is 9. The summed E-state index contributed by atoms with van der Waals surface area (Å²) in [5.41, 5.74) is 2.90. The van der Waals surface area contributed by atoms with Gasteiger partial charge in [0.1, 0.15) is 0 Å². The first-order chi connectivity index (χ1) is 16.1. The van der Waals surface area contributed by atoms with Gasteiger partial charge in [-0.1, -0.05) is 60.7 Å². The van der Waals surface area contributed by atoms with Crippen molar-refractivity contribution in [3.8, 4) is 0 Å². The summed E-state index contributed by atoms with van der Waals surface area (Å²) >= 11 is 0. The molecule has 7 nitrogen and oxygen atoms in total. The minimum absolute atomic E-state index is 0.0866. The van der Waals surface area contributed by atoms with Crippen LogP contribution in [0.2, 0.25) is 0 Å². The molecular weight excluding hydrogens is 420 g/mol. The number of esters is 1. The fourth-order valence-corrected chi connectivity index (χ4v) is 3.60. The molecule has 0 aliphatic rings. The molecule has 0 spiro atoms. The zero-order valence-electron chi connectivity index (χ0n) is 18.1. The van der Waals surface area contributed by atoms with Crippen LogP contribution in [0.3, 0.4) is 0 Å². The van der Waals surface area contributed by atoms with Crippen molar-refractivity contribution < 1.29 is 18.7 Å². The normalized spacial score (nSPS) is 10.8. The first kappa shape index (κ1) is 22.1. The molecule has 0 unspecified atom stereocenters. The van der Waals surface area contributed by atoms with Crippen molar-refractivity contribution in [2.45, 2.75) is 25.9 Å². The van der Waals surface area contributed by atoms with Crippen LogP contribution in [0.1, 0.15) is 18.4 Å². The van der Waals surface area contributed by atoms with Crippen molar-refractivity contribution in [1.82, 2.24) is 4.57 Å². The van der Waals surface area contributed by atoms with Crippen LogP contribution in [0.5, 0.6) is 0 Å². The Morgan fingerprint density at radius 3 is 2.30 bits per heavy atom. The first-order valence-corrected chi connectivity index (χ1v) is 10.7. The van der Waals surface area contributed by atoms with E-state index in [-0.39, 0.29) is 18.9 Å². The van der Waals surface area contributed by atoms with Gasteiger partial charge in [-0.3, -0.25) is 14.2 Å². The second-order valence-corrected chi connectivity index (χ2v) is 7.55. The van der Waals surface area contributed by atoms with E-state index < -0.39 is 11.7 Å². The lowest BCUT2D eigenvalue weighted by Crippen LogP contribution is -2.34. The van der Waals surface area contributed by atoms with Gasteiger partial charge in [0.2, 0.25) is 0 Å². The van der Waals surface area contributed by atoms with Gasteiger partial charge in [-0.05, 0) is 36.2 Å². The molecule has 4 aromatic rings. The first-order valence-electron chi connectivity index (χ1n) is 10.7. The summed E-state index contributed by atoms with van der Waals surface area (Å²) in [6.45, 7) is 0.343. The Kier molecular flexibility index (Phi) is 6.99. The number of hydrogen-bond donors (Lipinski definition) is 0. The summed E-state index contributed by atoms with van der Waals surface area (Å²) in [5.74, 6) is -1.26. The number of fused-ring (bicyclic) bond motifs is 1. The third kappa shape index (κ3) is 5.57. The fourth-order valence-electron chi connectivity index (χ4n) is 3.60. The second kappa shape index (κ2) is 10.5. The highest BCUT2D eigenvalue weighted by Crippen LogP contribution is 2.17. The lowest BCUT2D eigenvalue weighted by atomic mass is 10.2. The average molecular weight is 444 g/mol. The number of amides is 1. The van der Waals surface area contributed by atoms with Crippen LogP contribution in [0.25, 0.3) is 11.1 Å². The van der Waals surface area contributed by atoms with E-state index in [4.69, 9.17) is 9.15 Å². The van der Waals surface area contributed by atoms with Crippen molar-refractivity contribution in [2.24, 2.45) is 0 Å². The quantitative estimate of drug-likeness (QED) is 0.362. The third-order valence-electron chi connectivity index (χ3n) is 5.25. The third-order valence-corrected chi connectivity index (χ3v) is 5.25. The van der Waals surface area contributed by atoms with E-state index in [9.17, 15) is 14.4 Å². The molecule has 168 valence electrons. The number of hydrogen-bond acceptors (Lipinski definition) is 5. The molecule has 3 aromatic carbocycles. The van der Waals surface area contributed by atoms with E-state index in [1.807, 2.05) is 66.7 Å². The van der Waals surface area contributed by atoms with E-state index in [1.165, 1.54) is 4.57 Å². The summed E-state index contributed by atoms with van der Waals surface area (Å²) in [5, 5.41) is 0. The molecule has 7 heteroatoms. The average Bonchev–Trinajstić information content (AvgIpc) is 3.17. The topological polar surface area (TPSA) is 81.7 Å². The molecule has 4 rings (SSSR count). The van der Waals surface area contributed by atoms with Crippen molar-refractivity contribution in [2.75, 3.05) is 11.5 Å². The maximum absolute atomic E-state index is 12.9.